The molecule has 1 aliphatic heterocycles. The second kappa shape index (κ2) is 9.80. The van der Waals surface area contributed by atoms with Gasteiger partial charge in [-0.3, -0.25) is 9.59 Å². The molecule has 196 valence electrons. The molecule has 1 heterocycles. The van der Waals surface area contributed by atoms with E-state index in [4.69, 9.17) is 18.6 Å². The molecule has 0 aromatic rings. The average Bonchev–Trinajstić information content (AvgIpc) is 3.03. The van der Waals surface area contributed by atoms with E-state index in [1.54, 1.807) is 6.08 Å². The van der Waals surface area contributed by atoms with Crippen LogP contribution in [0.4, 0.5) is 0 Å². The van der Waals surface area contributed by atoms with Gasteiger partial charge in [-0.15, -0.1) is 0 Å². The van der Waals surface area contributed by atoms with Crippen molar-refractivity contribution < 1.29 is 37.8 Å². The third-order valence-electron chi connectivity index (χ3n) is 7.97. The summed E-state index contributed by atoms with van der Waals surface area (Å²) in [5.41, 5.74) is -3.83. The van der Waals surface area contributed by atoms with Gasteiger partial charge in [0, 0.05) is 5.41 Å². The molecule has 35 heavy (non-hydrogen) atoms. The number of esters is 3. The average molecular weight is 509 g/mol. The maximum Gasteiger partial charge on any atom is 0.351 e. The van der Waals surface area contributed by atoms with Gasteiger partial charge >= 0.3 is 17.9 Å². The predicted octanol–water partition coefficient (Wildman–Crippen LogP) is 4.26. The highest BCUT2D eigenvalue weighted by Gasteiger charge is 2.64. The first kappa shape index (κ1) is 27.6. The lowest BCUT2D eigenvalue weighted by molar-refractivity contribution is -0.185. The second-order valence-electron chi connectivity index (χ2n) is 11.8. The van der Waals surface area contributed by atoms with Gasteiger partial charge in [-0.25, -0.2) is 9.59 Å². The highest BCUT2D eigenvalue weighted by Crippen LogP contribution is 2.52. The lowest BCUT2D eigenvalue weighted by atomic mass is 9.64. The topological polar surface area (TPSA) is 105 Å². The van der Waals surface area contributed by atoms with Gasteiger partial charge in [0.05, 0.1) is 12.5 Å². The Morgan fingerprint density at radius 2 is 1.63 bits per heavy atom. The van der Waals surface area contributed by atoms with Crippen LogP contribution in [-0.4, -0.2) is 56.9 Å². The summed E-state index contributed by atoms with van der Waals surface area (Å²) in [6.45, 7) is 10.1. The minimum absolute atomic E-state index is 0.220. The van der Waals surface area contributed by atoms with Gasteiger partial charge < -0.3 is 18.6 Å². The Balaban J connectivity index is 1.76. The Labute approximate surface area is 209 Å². The summed E-state index contributed by atoms with van der Waals surface area (Å²) in [6, 6.07) is 0. The second-order valence-corrected chi connectivity index (χ2v) is 16.2. The predicted molar refractivity (Wildman–Crippen MR) is 131 cm³/mol. The first-order chi connectivity index (χ1) is 16.2. The molecule has 9 heteroatoms. The summed E-state index contributed by atoms with van der Waals surface area (Å²) in [5.74, 6) is -2.14. The minimum atomic E-state index is -2.16. The number of carbonyl (C=O) groups excluding carboxylic acids is 4. The van der Waals surface area contributed by atoms with Crippen molar-refractivity contribution in [3.8, 4) is 0 Å². The zero-order valence-electron chi connectivity index (χ0n) is 22.0. The van der Waals surface area contributed by atoms with Crippen molar-refractivity contribution in [3.05, 3.63) is 12.2 Å². The molecule has 0 N–H and O–H groups in total. The number of hydrogen-bond acceptors (Lipinski definition) is 8. The van der Waals surface area contributed by atoms with Crippen LogP contribution in [0.15, 0.2) is 12.2 Å². The van der Waals surface area contributed by atoms with E-state index in [9.17, 15) is 19.2 Å². The van der Waals surface area contributed by atoms with Gasteiger partial charge in [0.1, 0.15) is 13.0 Å². The number of methoxy groups -OCH3 is 1. The van der Waals surface area contributed by atoms with E-state index in [2.05, 4.69) is 0 Å². The van der Waals surface area contributed by atoms with Crippen LogP contribution in [0, 0.1) is 10.8 Å². The molecule has 0 spiro atoms. The van der Waals surface area contributed by atoms with E-state index < -0.39 is 60.5 Å². The van der Waals surface area contributed by atoms with Crippen LogP contribution in [0.1, 0.15) is 71.6 Å². The van der Waals surface area contributed by atoms with E-state index in [-0.39, 0.29) is 6.61 Å². The Bertz CT molecular complexity index is 908. The van der Waals surface area contributed by atoms with Crippen molar-refractivity contribution in [2.75, 3.05) is 13.7 Å². The summed E-state index contributed by atoms with van der Waals surface area (Å²) >= 11 is 0. The number of allylic oxidation sites excluding steroid dienone is 1. The van der Waals surface area contributed by atoms with Crippen LogP contribution in [0.25, 0.3) is 0 Å². The fraction of sp³-hybridized carbons (Fsp3) is 0.769. The Morgan fingerprint density at radius 1 is 1.00 bits per heavy atom. The largest absolute Gasteiger partial charge is 0.467 e. The van der Waals surface area contributed by atoms with Crippen LogP contribution in [-0.2, 0) is 37.8 Å². The number of carbonyl (C=O) groups is 4. The van der Waals surface area contributed by atoms with E-state index in [1.165, 1.54) is 13.2 Å². The molecule has 4 atom stereocenters. The van der Waals surface area contributed by atoms with Crippen molar-refractivity contribution in [3.63, 3.8) is 0 Å². The monoisotopic (exact) mass is 508 g/mol. The molecular weight excluding hydrogens is 468 g/mol. The van der Waals surface area contributed by atoms with Crippen molar-refractivity contribution in [1.29, 1.82) is 0 Å². The molecule has 0 aromatic carbocycles. The summed E-state index contributed by atoms with van der Waals surface area (Å²) < 4.78 is 22.6. The molecule has 8 nitrogen and oxygen atoms in total. The Hall–Kier alpha value is -2.00. The fourth-order valence-electron chi connectivity index (χ4n) is 6.00. The highest BCUT2D eigenvalue weighted by molar-refractivity contribution is 6.70. The zero-order chi connectivity index (χ0) is 26.1. The first-order valence-corrected chi connectivity index (χ1v) is 16.0. The normalized spacial score (nSPS) is 35.3. The molecule has 1 saturated heterocycles. The first-order valence-electron chi connectivity index (χ1n) is 12.6. The highest BCUT2D eigenvalue weighted by atomic mass is 28.4. The molecule has 0 unspecified atom stereocenters. The summed E-state index contributed by atoms with van der Waals surface area (Å²) in [6.07, 6.45) is 8.25. The number of rotatable bonds is 8. The van der Waals surface area contributed by atoms with Gasteiger partial charge in [0.2, 0.25) is 5.60 Å². The lowest BCUT2D eigenvalue weighted by Crippen LogP contribution is -2.60. The van der Waals surface area contributed by atoms with Crippen LogP contribution in [0.2, 0.25) is 19.6 Å². The van der Waals surface area contributed by atoms with Crippen molar-refractivity contribution >= 4 is 32.0 Å². The molecule has 3 rings (SSSR count). The van der Waals surface area contributed by atoms with Gasteiger partial charge in [0.15, 0.2) is 19.7 Å². The van der Waals surface area contributed by atoms with Crippen LogP contribution >= 0.6 is 0 Å². The summed E-state index contributed by atoms with van der Waals surface area (Å²) in [5, 5.41) is 0. The van der Waals surface area contributed by atoms with Gasteiger partial charge in [-0.2, -0.15) is 0 Å². The van der Waals surface area contributed by atoms with Crippen molar-refractivity contribution in [2.24, 2.45) is 10.8 Å². The maximum absolute atomic E-state index is 13.0. The maximum atomic E-state index is 13.0. The van der Waals surface area contributed by atoms with Crippen LogP contribution in [0.3, 0.4) is 0 Å². The molecule has 3 fully saturated rings. The van der Waals surface area contributed by atoms with Crippen LogP contribution < -0.4 is 0 Å². The van der Waals surface area contributed by atoms with Crippen molar-refractivity contribution in [1.82, 2.24) is 0 Å². The van der Waals surface area contributed by atoms with E-state index in [1.807, 2.05) is 33.5 Å². The van der Waals surface area contributed by atoms with E-state index >= 15 is 0 Å². The number of ketones is 1. The van der Waals surface area contributed by atoms with Crippen LogP contribution in [0.5, 0.6) is 0 Å². The molecule has 0 radical (unpaired) electrons. The molecule has 2 saturated carbocycles. The van der Waals surface area contributed by atoms with Crippen molar-refractivity contribution in [2.45, 2.75) is 102 Å². The number of cyclic esters (lactones) is 1. The quantitative estimate of drug-likeness (QED) is 0.157. The molecule has 0 amide bonds. The molecular formula is C26H40O8Si. The molecule has 2 aliphatic carbocycles. The number of hydrogen-bond donors (Lipinski definition) is 0. The SMILES string of the molecule is COC(=O)[C@@]1(O[Si](C)(C)C)CCCC[C@]1(C)/C=C/C(=O)CC(=O)O[C@]12CCCC[C@]1(C)COC2=O. The molecule has 0 bridgehead atoms. The summed E-state index contributed by atoms with van der Waals surface area (Å²) in [7, 11) is -0.806. The van der Waals surface area contributed by atoms with E-state index in [0.29, 0.717) is 19.3 Å². The summed E-state index contributed by atoms with van der Waals surface area (Å²) in [4.78, 5) is 51.2. The third kappa shape index (κ3) is 5.12. The Kier molecular flexibility index (Phi) is 7.73. The van der Waals surface area contributed by atoms with Gasteiger partial charge in [0.25, 0.3) is 0 Å². The van der Waals surface area contributed by atoms with E-state index in [0.717, 1.165) is 32.1 Å². The zero-order valence-corrected chi connectivity index (χ0v) is 23.0. The van der Waals surface area contributed by atoms with Gasteiger partial charge in [-0.05, 0) is 64.2 Å². The van der Waals surface area contributed by atoms with Gasteiger partial charge in [-0.1, -0.05) is 32.8 Å². The smallest absolute Gasteiger partial charge is 0.351 e. The fourth-order valence-corrected chi connectivity index (χ4v) is 7.46. The molecule has 3 aliphatic rings. The number of fused-ring (bicyclic) bond motifs is 1. The third-order valence-corrected chi connectivity index (χ3v) is 8.93. The number of ether oxygens (including phenoxy) is 3. The lowest BCUT2D eigenvalue weighted by Gasteiger charge is -2.50. The standard InChI is InChI=1S/C26H40O8Si/c1-23(12-7-10-15-26(23,21(29)31-3)34-35(4,5)6)16-11-19(27)17-20(28)33-25-14-9-8-13-24(25,2)18-32-22(25)30/h11,16H,7-10,12-15,17-18H2,1-6H3/b16-11+/t23-,24-,25+,26+/m1/s1. The minimum Gasteiger partial charge on any atom is -0.467 e. The Morgan fingerprint density at radius 3 is 2.29 bits per heavy atom. The molecule has 0 aromatic heterocycles.